The van der Waals surface area contributed by atoms with E-state index in [-0.39, 0.29) is 17.1 Å². The van der Waals surface area contributed by atoms with Gasteiger partial charge in [-0.15, -0.1) is 0 Å². The molecule has 0 aromatic carbocycles. The van der Waals surface area contributed by atoms with Crippen molar-refractivity contribution in [3.63, 3.8) is 0 Å². The number of rotatable bonds is 0. The van der Waals surface area contributed by atoms with Crippen LogP contribution in [-0.2, 0) is 17.1 Å². The third kappa shape index (κ3) is 28600. The van der Waals surface area contributed by atoms with Crippen molar-refractivity contribution in [3.8, 4) is 0 Å². The zero-order valence-electron chi connectivity index (χ0n) is 6.84. The van der Waals surface area contributed by atoms with Gasteiger partial charge in [0.2, 0.25) is 0 Å². The summed E-state index contributed by atoms with van der Waals surface area (Å²) in [4.78, 5) is 0. The van der Waals surface area contributed by atoms with Crippen molar-refractivity contribution in [2.75, 3.05) is 0 Å². The summed E-state index contributed by atoms with van der Waals surface area (Å²) >= 11 is 0. The van der Waals surface area contributed by atoms with Gasteiger partial charge < -0.3 is 52.7 Å². The second-order valence-electron chi connectivity index (χ2n) is 0.857. The van der Waals surface area contributed by atoms with Gasteiger partial charge in [-0.2, -0.15) is 0 Å². The predicted octanol–water partition coefficient (Wildman–Crippen LogP) is 5.37. The quantitative estimate of drug-likeness (QED) is 0.316. The largest absolute Gasteiger partial charge is 0.385 e. The smallest absolute Gasteiger partial charge is 0.154 e. The first-order valence-corrected chi connectivity index (χ1v) is 2.27. The Morgan fingerprint density at radius 2 is 0.294 bits per heavy atom. The molecule has 0 aromatic heterocycles. The second-order valence-corrected chi connectivity index (χ2v) is 0.857. The van der Waals surface area contributed by atoms with Crippen LogP contribution in [0.4, 0.5) is 52.7 Å². The number of halogens is 12. The molecule has 0 bridgehead atoms. The first-order chi connectivity index (χ1) is 6.93. The van der Waals surface area contributed by atoms with Crippen molar-refractivity contribution >= 4 is 0 Å². The van der Waals surface area contributed by atoms with Gasteiger partial charge in [-0.25, -0.2) is 0 Å². The maximum Gasteiger partial charge on any atom is 0.154 e. The van der Waals surface area contributed by atoms with Crippen molar-refractivity contribution in [3.05, 3.63) is 26.7 Å². The summed E-state index contributed by atoms with van der Waals surface area (Å²) in [6.07, 6.45) is 0. The maximum atomic E-state index is 9.58. The molecule has 0 unspecified atom stereocenters. The molecular weight excluding hydrogens is 340 g/mol. The van der Waals surface area contributed by atoms with Crippen LogP contribution in [0.1, 0.15) is 0 Å². The van der Waals surface area contributed by atoms with E-state index >= 15 is 0 Å². The summed E-state index contributed by atoms with van der Waals surface area (Å²) in [7, 11) is 0. The monoisotopic (exact) mass is 339 g/mol. The standard InChI is InChI=1S/4CF3.Cu/c4*2-1(3)4;/q4*-1;. The van der Waals surface area contributed by atoms with Gasteiger partial charge in [0.1, 0.15) is 0 Å². The van der Waals surface area contributed by atoms with Gasteiger partial charge in [-0.05, 0) is 0 Å². The zero-order valence-corrected chi connectivity index (χ0v) is 7.78. The fraction of sp³-hybridized carbons (Fsp3) is 0. The molecule has 0 nitrogen and oxygen atoms in total. The summed E-state index contributed by atoms with van der Waals surface area (Å²) in [5.41, 5.74) is 0. The Balaban J connectivity index is -0.0000000369. The Hall–Kier alpha value is -0.321. The molecule has 0 aliphatic carbocycles. The molecule has 0 heterocycles. The first-order valence-electron chi connectivity index (χ1n) is 2.27. The summed E-state index contributed by atoms with van der Waals surface area (Å²) < 4.78 is 115. The van der Waals surface area contributed by atoms with Gasteiger partial charge in [0.25, 0.3) is 0 Å². The predicted molar refractivity (Wildman–Crippen MR) is 26.3 cm³/mol. The molecule has 0 saturated carbocycles. The Morgan fingerprint density at radius 1 is 0.294 bits per heavy atom. The van der Waals surface area contributed by atoms with Crippen molar-refractivity contribution in [2.24, 2.45) is 0 Å². The van der Waals surface area contributed by atoms with Crippen molar-refractivity contribution in [1.82, 2.24) is 0 Å². The van der Waals surface area contributed by atoms with Crippen molar-refractivity contribution in [2.45, 2.75) is 0 Å². The van der Waals surface area contributed by atoms with Crippen molar-refractivity contribution in [1.29, 1.82) is 0 Å². The van der Waals surface area contributed by atoms with E-state index < -0.39 is 26.7 Å². The van der Waals surface area contributed by atoms with Crippen LogP contribution in [0.25, 0.3) is 0 Å². The van der Waals surface area contributed by atoms with Crippen LogP contribution < -0.4 is 0 Å². The summed E-state index contributed by atoms with van der Waals surface area (Å²) in [6.45, 7) is -12.3. The normalized spacial score (nSPS) is 8.47. The van der Waals surface area contributed by atoms with Crippen LogP contribution in [0, 0.1) is 26.7 Å². The van der Waals surface area contributed by atoms with E-state index in [0.29, 0.717) is 0 Å². The number of hydrogen-bond acceptors (Lipinski definition) is 0. The molecule has 17 heavy (non-hydrogen) atoms. The van der Waals surface area contributed by atoms with Crippen LogP contribution in [-0.4, -0.2) is 0 Å². The fourth-order valence-corrected chi connectivity index (χ4v) is 0. The van der Waals surface area contributed by atoms with Crippen molar-refractivity contribution < 1.29 is 69.8 Å². The minimum Gasteiger partial charge on any atom is -0.385 e. The molecule has 0 aromatic rings. The molecule has 0 fully saturated rings. The third-order valence-corrected chi connectivity index (χ3v) is 0. The Bertz CT molecular complexity index is 61.5. The Morgan fingerprint density at radius 3 is 0.294 bits per heavy atom. The van der Waals surface area contributed by atoms with Gasteiger partial charge in [-0.1, -0.05) is 0 Å². The van der Waals surface area contributed by atoms with E-state index in [2.05, 4.69) is 0 Å². The van der Waals surface area contributed by atoms with Gasteiger partial charge in [0.05, 0.1) is 0 Å². The summed E-state index contributed by atoms with van der Waals surface area (Å²) in [5, 5.41) is 0. The Kier molecular flexibility index (Phi) is 43.8. The molecule has 0 amide bonds. The molecule has 0 saturated heterocycles. The second kappa shape index (κ2) is 24.8. The van der Waals surface area contributed by atoms with E-state index in [9.17, 15) is 52.7 Å². The van der Waals surface area contributed by atoms with Crippen LogP contribution in [0.2, 0.25) is 0 Å². The van der Waals surface area contributed by atoms with Gasteiger partial charge >= 0.3 is 0 Å². The topological polar surface area (TPSA) is 0 Å². The zero-order chi connectivity index (χ0) is 14.3. The maximum absolute atomic E-state index is 9.58. The molecule has 115 valence electrons. The van der Waals surface area contributed by atoms with E-state index in [1.165, 1.54) is 0 Å². The fourth-order valence-electron chi connectivity index (χ4n) is 0. The minimum absolute atomic E-state index is 0. The van der Waals surface area contributed by atoms with Crippen LogP contribution in [0.5, 0.6) is 0 Å². The van der Waals surface area contributed by atoms with E-state index in [0.717, 1.165) is 0 Å². The average molecular weight is 340 g/mol. The molecule has 0 rings (SSSR count). The van der Waals surface area contributed by atoms with Gasteiger partial charge in [0.15, 0.2) is 26.7 Å². The van der Waals surface area contributed by atoms with Gasteiger partial charge in [-0.3, -0.25) is 0 Å². The molecule has 0 aliphatic rings. The molecule has 0 N–H and O–H groups in total. The van der Waals surface area contributed by atoms with E-state index in [1.807, 2.05) is 0 Å². The molecule has 0 aliphatic heterocycles. The molecular formula is C4CuF12-4. The third-order valence-electron chi connectivity index (χ3n) is 0. The van der Waals surface area contributed by atoms with Crippen LogP contribution >= 0.6 is 0 Å². The summed E-state index contributed by atoms with van der Waals surface area (Å²) in [5.74, 6) is 0. The van der Waals surface area contributed by atoms with Crippen LogP contribution in [0.3, 0.4) is 0 Å². The van der Waals surface area contributed by atoms with E-state index in [4.69, 9.17) is 0 Å². The summed E-state index contributed by atoms with van der Waals surface area (Å²) in [6, 6.07) is 0. The molecule has 1 radical (unpaired) electrons. The minimum atomic E-state index is -3.08. The number of hydrogen-bond donors (Lipinski definition) is 0. The first kappa shape index (κ1) is 30.1. The Labute approximate surface area is 97.4 Å². The average Bonchev–Trinajstić information content (AvgIpc) is 1.76. The molecule has 0 spiro atoms. The molecule has 13 heteroatoms. The SMILES string of the molecule is F[C-](F)F.F[C-](F)F.F[C-](F)F.F[C-](F)F.[Cu]. The molecule has 0 atom stereocenters. The van der Waals surface area contributed by atoms with Crippen LogP contribution in [0.15, 0.2) is 0 Å². The van der Waals surface area contributed by atoms with E-state index in [1.54, 1.807) is 0 Å². The van der Waals surface area contributed by atoms with Gasteiger partial charge in [0, 0.05) is 17.1 Å².